The summed E-state index contributed by atoms with van der Waals surface area (Å²) >= 11 is 1.80. The van der Waals surface area contributed by atoms with Crippen molar-refractivity contribution < 1.29 is 4.79 Å². The molecule has 1 saturated heterocycles. The van der Waals surface area contributed by atoms with Gasteiger partial charge in [0.1, 0.15) is 0 Å². The number of carbonyl (C=O) groups excluding carboxylic acids is 1. The van der Waals surface area contributed by atoms with Crippen LogP contribution in [0.5, 0.6) is 0 Å². The van der Waals surface area contributed by atoms with Crippen molar-refractivity contribution in [3.05, 3.63) is 29.8 Å². The molecule has 1 heterocycles. The Morgan fingerprint density at radius 1 is 1.53 bits per heavy atom. The van der Waals surface area contributed by atoms with Crippen LogP contribution >= 0.6 is 11.8 Å². The maximum absolute atomic E-state index is 11.4. The monoisotopic (exact) mass is 279 g/mol. The van der Waals surface area contributed by atoms with Crippen LogP contribution < -0.4 is 10.6 Å². The summed E-state index contributed by atoms with van der Waals surface area (Å²) in [5.74, 6) is 0.935. The first-order chi connectivity index (χ1) is 9.20. The largest absolute Gasteiger partial charge is 0.336 e. The second-order valence-electron chi connectivity index (χ2n) is 4.65. The fourth-order valence-corrected chi connectivity index (χ4v) is 2.98. The van der Waals surface area contributed by atoms with Crippen molar-refractivity contribution in [2.45, 2.75) is 17.9 Å². The van der Waals surface area contributed by atoms with E-state index in [2.05, 4.69) is 41.8 Å². The van der Waals surface area contributed by atoms with Gasteiger partial charge in [0.25, 0.3) is 0 Å². The van der Waals surface area contributed by atoms with Crippen molar-refractivity contribution in [2.75, 3.05) is 32.4 Å². The number of hydrogen-bond donors (Lipinski definition) is 2. The molecule has 5 heteroatoms. The minimum absolute atomic E-state index is 0.0677. The third-order valence-corrected chi connectivity index (χ3v) is 4.34. The number of amides is 2. The lowest BCUT2D eigenvalue weighted by molar-refractivity contribution is 0.220. The van der Waals surface area contributed by atoms with Gasteiger partial charge in [0.15, 0.2) is 0 Å². The minimum Gasteiger partial charge on any atom is -0.336 e. The van der Waals surface area contributed by atoms with Crippen LogP contribution in [0.15, 0.2) is 29.2 Å². The van der Waals surface area contributed by atoms with Gasteiger partial charge in [-0.2, -0.15) is 0 Å². The second-order valence-corrected chi connectivity index (χ2v) is 5.82. The molecule has 0 spiro atoms. The smallest absolute Gasteiger partial charge is 0.317 e. The van der Waals surface area contributed by atoms with Crippen molar-refractivity contribution in [3.8, 4) is 0 Å². The van der Waals surface area contributed by atoms with Gasteiger partial charge in [0, 0.05) is 36.3 Å². The summed E-state index contributed by atoms with van der Waals surface area (Å²) in [4.78, 5) is 14.5. The van der Waals surface area contributed by atoms with Gasteiger partial charge in [-0.05, 0) is 31.7 Å². The van der Waals surface area contributed by atoms with Gasteiger partial charge in [-0.25, -0.2) is 4.79 Å². The van der Waals surface area contributed by atoms with E-state index >= 15 is 0 Å². The molecule has 2 amide bonds. The number of nitrogens with one attached hydrogen (secondary N) is 2. The molecule has 1 aromatic carbocycles. The second kappa shape index (κ2) is 6.82. The molecule has 1 unspecified atom stereocenters. The van der Waals surface area contributed by atoms with E-state index in [1.54, 1.807) is 11.8 Å². The fraction of sp³-hybridized carbons (Fsp3) is 0.500. The lowest BCUT2D eigenvalue weighted by atomic mass is 10.1. The van der Waals surface area contributed by atoms with Gasteiger partial charge in [0.05, 0.1) is 0 Å². The zero-order valence-electron chi connectivity index (χ0n) is 11.5. The Labute approximate surface area is 118 Å². The highest BCUT2D eigenvalue weighted by molar-refractivity contribution is 7.99. The molecule has 19 heavy (non-hydrogen) atoms. The minimum atomic E-state index is 0.0677. The summed E-state index contributed by atoms with van der Waals surface area (Å²) in [7, 11) is 1.97. The first-order valence-corrected chi connectivity index (χ1v) is 7.62. The first kappa shape index (κ1) is 14.2. The highest BCUT2D eigenvalue weighted by Gasteiger charge is 2.18. The summed E-state index contributed by atoms with van der Waals surface area (Å²) < 4.78 is 0. The van der Waals surface area contributed by atoms with E-state index in [-0.39, 0.29) is 6.03 Å². The molecule has 1 aromatic rings. The molecule has 104 valence electrons. The number of hydrogen-bond acceptors (Lipinski definition) is 3. The molecule has 1 fully saturated rings. The molecule has 2 N–H and O–H groups in total. The Kier molecular flexibility index (Phi) is 5.10. The van der Waals surface area contributed by atoms with Crippen LogP contribution in [0, 0.1) is 0 Å². The zero-order chi connectivity index (χ0) is 13.7. The molecule has 0 bridgehead atoms. The maximum Gasteiger partial charge on any atom is 0.317 e. The Morgan fingerprint density at radius 2 is 2.37 bits per heavy atom. The molecule has 2 rings (SSSR count). The number of nitrogens with zero attached hydrogens (tertiary/aromatic N) is 1. The van der Waals surface area contributed by atoms with Crippen LogP contribution in [0.25, 0.3) is 0 Å². The highest BCUT2D eigenvalue weighted by Crippen LogP contribution is 2.22. The Balaban J connectivity index is 1.84. The lowest BCUT2D eigenvalue weighted by Gasteiger charge is -2.14. The molecule has 0 saturated carbocycles. The number of rotatable bonds is 6. The molecule has 1 aliphatic rings. The number of carbonyl (C=O) groups is 1. The Morgan fingerprint density at radius 3 is 3.05 bits per heavy atom. The average Bonchev–Trinajstić information content (AvgIpc) is 2.84. The zero-order valence-corrected chi connectivity index (χ0v) is 12.3. The van der Waals surface area contributed by atoms with E-state index in [1.807, 2.05) is 11.9 Å². The fourth-order valence-electron chi connectivity index (χ4n) is 2.04. The highest BCUT2D eigenvalue weighted by atomic mass is 32.2. The number of benzene rings is 1. The first-order valence-electron chi connectivity index (χ1n) is 6.63. The van der Waals surface area contributed by atoms with E-state index in [4.69, 9.17) is 0 Å². The van der Waals surface area contributed by atoms with Crippen LogP contribution in [0.1, 0.15) is 18.5 Å². The van der Waals surface area contributed by atoms with E-state index in [0.717, 1.165) is 25.4 Å². The van der Waals surface area contributed by atoms with Crippen molar-refractivity contribution in [1.82, 2.24) is 15.5 Å². The Bertz CT molecular complexity index is 438. The van der Waals surface area contributed by atoms with Gasteiger partial charge in [-0.1, -0.05) is 12.1 Å². The number of urea groups is 1. The summed E-state index contributed by atoms with van der Waals surface area (Å²) in [5, 5.41) is 6.06. The van der Waals surface area contributed by atoms with Crippen LogP contribution in [0.4, 0.5) is 4.79 Å². The number of thioether (sulfide) groups is 1. The van der Waals surface area contributed by atoms with E-state index < -0.39 is 0 Å². The third-order valence-electron chi connectivity index (χ3n) is 3.37. The van der Waals surface area contributed by atoms with Gasteiger partial charge in [-0.15, -0.1) is 11.8 Å². The van der Waals surface area contributed by atoms with E-state index in [9.17, 15) is 4.79 Å². The van der Waals surface area contributed by atoms with Crippen molar-refractivity contribution in [1.29, 1.82) is 0 Å². The predicted molar refractivity (Wildman–Crippen MR) is 79.6 cm³/mol. The van der Waals surface area contributed by atoms with Gasteiger partial charge in [-0.3, -0.25) is 0 Å². The van der Waals surface area contributed by atoms with Crippen LogP contribution in [0.2, 0.25) is 0 Å². The summed E-state index contributed by atoms with van der Waals surface area (Å²) in [6.07, 6.45) is 0. The predicted octanol–water partition coefficient (Wildman–Crippen LogP) is 2.08. The standard InChI is InChI=1S/C14H21N3OS/c1-11(15-2)12-4-3-5-13(10-12)19-9-8-17-7-6-16-14(17)18/h3-5,10-11,15H,6-9H2,1-2H3,(H,16,18). The lowest BCUT2D eigenvalue weighted by Crippen LogP contribution is -2.30. The molecule has 0 aliphatic carbocycles. The van der Waals surface area contributed by atoms with E-state index in [0.29, 0.717) is 6.04 Å². The molecule has 0 radical (unpaired) electrons. The SMILES string of the molecule is CNC(C)c1cccc(SCCN2CCNC2=O)c1. The van der Waals surface area contributed by atoms with E-state index in [1.165, 1.54) is 10.5 Å². The molecule has 1 aliphatic heterocycles. The molecule has 4 nitrogen and oxygen atoms in total. The Hall–Kier alpha value is -1.20. The summed E-state index contributed by atoms with van der Waals surface area (Å²) in [6.45, 7) is 4.57. The average molecular weight is 279 g/mol. The van der Waals surface area contributed by atoms with Gasteiger partial charge in [0.2, 0.25) is 0 Å². The van der Waals surface area contributed by atoms with Crippen molar-refractivity contribution >= 4 is 17.8 Å². The molecular weight excluding hydrogens is 258 g/mol. The van der Waals surface area contributed by atoms with Gasteiger partial charge < -0.3 is 15.5 Å². The maximum atomic E-state index is 11.4. The van der Waals surface area contributed by atoms with Gasteiger partial charge >= 0.3 is 6.03 Å². The summed E-state index contributed by atoms with van der Waals surface area (Å²) in [5.41, 5.74) is 1.30. The van der Waals surface area contributed by atoms with Crippen LogP contribution in [-0.4, -0.2) is 43.4 Å². The van der Waals surface area contributed by atoms with Crippen LogP contribution in [-0.2, 0) is 0 Å². The van der Waals surface area contributed by atoms with Crippen molar-refractivity contribution in [2.24, 2.45) is 0 Å². The third kappa shape index (κ3) is 3.88. The summed E-state index contributed by atoms with van der Waals surface area (Å²) in [6, 6.07) is 9.01. The van der Waals surface area contributed by atoms with Crippen molar-refractivity contribution in [3.63, 3.8) is 0 Å². The topological polar surface area (TPSA) is 44.4 Å². The molecule has 1 atom stereocenters. The molecule has 0 aromatic heterocycles. The quantitative estimate of drug-likeness (QED) is 0.784. The van der Waals surface area contributed by atoms with Crippen LogP contribution in [0.3, 0.4) is 0 Å². The molecular formula is C14H21N3OS. The normalized spacial score (nSPS) is 16.5.